The van der Waals surface area contributed by atoms with Gasteiger partial charge >= 0.3 is 0 Å². The minimum absolute atomic E-state index is 0.0569. The number of halogens is 2. The molecule has 0 saturated carbocycles. The largest absolute Gasteiger partial charge is 0.504 e. The summed E-state index contributed by atoms with van der Waals surface area (Å²) >= 11 is 12.1. The zero-order chi connectivity index (χ0) is 20.4. The first-order chi connectivity index (χ1) is 14.0. The third-order valence-electron chi connectivity index (χ3n) is 5.05. The minimum Gasteiger partial charge on any atom is -0.504 e. The Kier molecular flexibility index (Phi) is 5.67. The number of benzene rings is 3. The van der Waals surface area contributed by atoms with Crippen LogP contribution in [0.4, 0.5) is 0 Å². The molecule has 29 heavy (non-hydrogen) atoms. The molecule has 0 radical (unpaired) electrons. The Bertz CT molecular complexity index is 1030. The first kappa shape index (κ1) is 19.6. The predicted octanol–water partition coefficient (Wildman–Crippen LogP) is 4.66. The van der Waals surface area contributed by atoms with Crippen molar-refractivity contribution >= 4 is 28.9 Å². The van der Waals surface area contributed by atoms with Gasteiger partial charge in [-0.3, -0.25) is 0 Å². The van der Waals surface area contributed by atoms with Crippen LogP contribution in [0.5, 0.6) is 11.5 Å². The zero-order valence-electron chi connectivity index (χ0n) is 15.8. The molecule has 1 heterocycles. The van der Waals surface area contributed by atoms with Gasteiger partial charge in [0.15, 0.2) is 17.7 Å². The third-order valence-corrected chi connectivity index (χ3v) is 5.55. The fraction of sp³-hybridized carbons (Fsp3) is 0.130. The Morgan fingerprint density at radius 3 is 2.24 bits per heavy atom. The second-order valence-electron chi connectivity index (χ2n) is 6.88. The Morgan fingerprint density at radius 2 is 1.59 bits per heavy atom. The van der Waals surface area contributed by atoms with Crippen molar-refractivity contribution in [1.29, 1.82) is 0 Å². The summed E-state index contributed by atoms with van der Waals surface area (Å²) in [5, 5.41) is 17.8. The molecule has 0 spiro atoms. The maximum Gasteiger partial charge on any atom is 0.186 e. The second-order valence-corrected chi connectivity index (χ2v) is 7.75. The van der Waals surface area contributed by atoms with E-state index in [1.54, 1.807) is 13.2 Å². The molecule has 1 aliphatic heterocycles. The number of ether oxygens (including phenoxy) is 1. The van der Waals surface area contributed by atoms with E-state index >= 15 is 0 Å². The highest BCUT2D eigenvalue weighted by Crippen LogP contribution is 2.35. The molecule has 0 amide bonds. The number of para-hydroxylation sites is 1. The van der Waals surface area contributed by atoms with Gasteiger partial charge in [0.05, 0.1) is 12.7 Å². The first-order valence-electron chi connectivity index (χ1n) is 9.26. The summed E-state index contributed by atoms with van der Waals surface area (Å²) in [6.45, 7) is 0. The summed E-state index contributed by atoms with van der Waals surface area (Å²) in [4.78, 5) is 0. The van der Waals surface area contributed by atoms with Crippen molar-refractivity contribution in [2.45, 2.75) is 12.2 Å². The molecule has 4 rings (SSSR count). The molecule has 0 saturated heterocycles. The monoisotopic (exact) mass is 427 g/mol. The van der Waals surface area contributed by atoms with Gasteiger partial charge in [-0.05, 0) is 54.1 Å². The normalized spacial score (nSPS) is 18.7. The molecule has 6 heteroatoms. The van der Waals surface area contributed by atoms with Crippen LogP contribution in [-0.2, 0) is 0 Å². The van der Waals surface area contributed by atoms with Crippen LogP contribution in [-0.4, -0.2) is 12.2 Å². The van der Waals surface area contributed by atoms with Gasteiger partial charge in [0.2, 0.25) is 0 Å². The fourth-order valence-corrected chi connectivity index (χ4v) is 3.80. The van der Waals surface area contributed by atoms with Crippen LogP contribution in [0.3, 0.4) is 0 Å². The van der Waals surface area contributed by atoms with E-state index in [4.69, 9.17) is 27.9 Å². The number of methoxy groups -OCH3 is 1. The average Bonchev–Trinajstić information content (AvgIpc) is 2.74. The predicted molar refractivity (Wildman–Crippen MR) is 116 cm³/mol. The van der Waals surface area contributed by atoms with E-state index in [2.05, 4.69) is 16.7 Å². The number of rotatable bonds is 4. The number of aromatic hydroxyl groups is 1. The Morgan fingerprint density at radius 1 is 0.931 bits per heavy atom. The van der Waals surface area contributed by atoms with Gasteiger partial charge in [-0.2, -0.15) is 0 Å². The molecule has 0 aromatic heterocycles. The summed E-state index contributed by atoms with van der Waals surface area (Å²) in [5.41, 5.74) is 3.86. The quantitative estimate of drug-likeness (QED) is 0.567. The van der Waals surface area contributed by atoms with Crippen LogP contribution in [0.1, 0.15) is 28.9 Å². The van der Waals surface area contributed by atoms with Crippen LogP contribution in [0.2, 0.25) is 10.0 Å². The van der Waals surface area contributed by atoms with E-state index in [-0.39, 0.29) is 18.0 Å². The van der Waals surface area contributed by atoms with Crippen LogP contribution >= 0.6 is 23.2 Å². The van der Waals surface area contributed by atoms with Gasteiger partial charge in [0, 0.05) is 27.4 Å². The molecule has 0 fully saturated rings. The van der Waals surface area contributed by atoms with Crippen LogP contribution < -0.4 is 15.4 Å². The van der Waals surface area contributed by atoms with Crippen LogP contribution in [0.15, 0.2) is 72.8 Å². The Hall–Kier alpha value is -2.66. The molecule has 0 aliphatic carbocycles. The topological polar surface area (TPSA) is 58.1 Å². The van der Waals surface area contributed by atoms with Crippen molar-refractivity contribution in [3.63, 3.8) is 0 Å². The number of nitrogens with two attached hydrogens (primary N) is 1. The van der Waals surface area contributed by atoms with Gasteiger partial charge in [-0.25, -0.2) is 0 Å². The minimum atomic E-state index is -0.113. The molecule has 3 aromatic carbocycles. The smallest absolute Gasteiger partial charge is 0.186 e. The summed E-state index contributed by atoms with van der Waals surface area (Å²) in [6.07, 6.45) is 2.04. The lowest BCUT2D eigenvalue weighted by atomic mass is 9.97. The second kappa shape index (κ2) is 8.37. The van der Waals surface area contributed by atoms with E-state index in [1.165, 1.54) is 0 Å². The molecule has 2 unspecified atom stereocenters. The average molecular weight is 428 g/mol. The lowest BCUT2D eigenvalue weighted by Gasteiger charge is -2.30. The summed E-state index contributed by atoms with van der Waals surface area (Å²) < 4.78 is 5.30. The molecular formula is C23H21Cl2N2O2+. The first-order valence-corrected chi connectivity index (χ1v) is 10.0. The molecule has 3 aromatic rings. The molecule has 0 bridgehead atoms. The third kappa shape index (κ3) is 4.20. The highest BCUT2D eigenvalue weighted by molar-refractivity contribution is 6.30. The van der Waals surface area contributed by atoms with Gasteiger partial charge in [0.1, 0.15) is 6.04 Å². The van der Waals surface area contributed by atoms with Gasteiger partial charge in [0.25, 0.3) is 0 Å². The lowest BCUT2D eigenvalue weighted by Crippen LogP contribution is -2.89. The van der Waals surface area contributed by atoms with Gasteiger partial charge < -0.3 is 20.5 Å². The maximum absolute atomic E-state index is 10.7. The fourth-order valence-electron chi connectivity index (χ4n) is 3.55. The molecule has 4 N–H and O–H groups in total. The highest BCUT2D eigenvalue weighted by Gasteiger charge is 2.30. The zero-order valence-corrected chi connectivity index (χ0v) is 17.3. The van der Waals surface area contributed by atoms with Crippen molar-refractivity contribution in [2.24, 2.45) is 0 Å². The Labute approximate surface area is 179 Å². The molecule has 2 atom stereocenters. The standard InChI is InChI=1S/C23H20Cl2N2O2/c1-29-21-4-2-3-18(22(21)28)20-13-19(14-5-9-16(24)10-6-14)26-23(27-20)15-7-11-17(25)12-8-15/h2-13,20,23,26-28H,1H3/p+1. The van der Waals surface area contributed by atoms with Gasteiger partial charge in [-0.1, -0.05) is 41.4 Å². The summed E-state index contributed by atoms with van der Waals surface area (Å²) in [6, 6.07) is 20.9. The van der Waals surface area contributed by atoms with Crippen molar-refractivity contribution < 1.29 is 15.2 Å². The van der Waals surface area contributed by atoms with Crippen molar-refractivity contribution in [3.8, 4) is 11.5 Å². The number of quaternary nitrogens is 1. The number of nitrogens with one attached hydrogen (secondary N) is 1. The number of phenols is 1. The molecule has 148 valence electrons. The highest BCUT2D eigenvalue weighted by atomic mass is 35.5. The van der Waals surface area contributed by atoms with E-state index in [0.717, 1.165) is 22.4 Å². The Balaban J connectivity index is 1.77. The number of hydrogen-bond donors (Lipinski definition) is 3. The molecule has 4 nitrogen and oxygen atoms in total. The SMILES string of the molecule is COc1cccc(C2C=C(c3ccc(Cl)cc3)NC(c3ccc(Cl)cc3)[NH2+]2)c1O. The summed E-state index contributed by atoms with van der Waals surface area (Å²) in [5.74, 6) is 0.610. The maximum atomic E-state index is 10.7. The van der Waals surface area contributed by atoms with E-state index in [1.807, 2.05) is 60.7 Å². The number of phenolic OH excluding ortho intramolecular Hbond substituents is 1. The van der Waals surface area contributed by atoms with Crippen LogP contribution in [0, 0.1) is 0 Å². The van der Waals surface area contributed by atoms with Gasteiger partial charge in [-0.15, -0.1) is 0 Å². The lowest BCUT2D eigenvalue weighted by molar-refractivity contribution is -0.731. The molecular weight excluding hydrogens is 407 g/mol. The van der Waals surface area contributed by atoms with Crippen molar-refractivity contribution in [3.05, 3.63) is 99.5 Å². The van der Waals surface area contributed by atoms with Crippen LogP contribution in [0.25, 0.3) is 5.70 Å². The number of hydrogen-bond acceptors (Lipinski definition) is 3. The van der Waals surface area contributed by atoms with E-state index < -0.39 is 0 Å². The van der Waals surface area contributed by atoms with E-state index in [9.17, 15) is 5.11 Å². The van der Waals surface area contributed by atoms with E-state index in [0.29, 0.717) is 15.8 Å². The van der Waals surface area contributed by atoms with Crippen molar-refractivity contribution in [2.75, 3.05) is 7.11 Å². The summed E-state index contributed by atoms with van der Waals surface area (Å²) in [7, 11) is 1.55. The molecule has 1 aliphatic rings. The van der Waals surface area contributed by atoms with Crippen molar-refractivity contribution in [1.82, 2.24) is 5.32 Å².